The maximum absolute atomic E-state index is 6.10. The zero-order valence-electron chi connectivity index (χ0n) is 17.1. The normalized spacial score (nSPS) is 16.5. The van der Waals surface area contributed by atoms with Gasteiger partial charge in [0, 0.05) is 45.4 Å². The Morgan fingerprint density at radius 2 is 1.79 bits per heavy atom. The number of aliphatic imine (C=N–C) groups is 1. The van der Waals surface area contributed by atoms with Crippen molar-refractivity contribution < 1.29 is 9.47 Å². The summed E-state index contributed by atoms with van der Waals surface area (Å²) in [6, 6.07) is 18.3. The molecule has 0 saturated carbocycles. The fourth-order valence-corrected chi connectivity index (χ4v) is 3.64. The fraction of sp³-hybridized carbons (Fsp3) is 0.435. The Labute approximate surface area is 168 Å². The van der Waals surface area contributed by atoms with Crippen LogP contribution < -0.4 is 14.8 Å². The van der Waals surface area contributed by atoms with Gasteiger partial charge in [0.2, 0.25) is 0 Å². The molecule has 2 aromatic carbocycles. The Hall–Kier alpha value is -2.69. The molecule has 1 fully saturated rings. The second-order valence-corrected chi connectivity index (χ2v) is 7.19. The molecule has 1 unspecified atom stereocenters. The molecule has 0 aromatic heterocycles. The number of rotatable bonds is 6. The van der Waals surface area contributed by atoms with Gasteiger partial charge in [-0.25, -0.2) is 0 Å². The number of benzene rings is 2. The molecule has 0 spiro atoms. The summed E-state index contributed by atoms with van der Waals surface area (Å²) in [5.74, 6) is 3.17. The highest BCUT2D eigenvalue weighted by Crippen LogP contribution is 2.25. The molecule has 1 atom stereocenters. The van der Waals surface area contributed by atoms with Crippen molar-refractivity contribution in [2.75, 3.05) is 33.8 Å². The van der Waals surface area contributed by atoms with Crippen LogP contribution in [0.25, 0.3) is 0 Å². The van der Waals surface area contributed by atoms with E-state index in [2.05, 4.69) is 34.3 Å². The summed E-state index contributed by atoms with van der Waals surface area (Å²) >= 11 is 0. The van der Waals surface area contributed by atoms with Gasteiger partial charge in [0.15, 0.2) is 5.96 Å². The lowest BCUT2D eigenvalue weighted by atomic mass is 10.00. The monoisotopic (exact) mass is 381 g/mol. The van der Waals surface area contributed by atoms with Crippen LogP contribution in [0.1, 0.15) is 31.2 Å². The Bertz CT molecular complexity index is 755. The predicted molar refractivity (Wildman–Crippen MR) is 114 cm³/mol. The summed E-state index contributed by atoms with van der Waals surface area (Å²) in [6.45, 7) is 4.91. The fourth-order valence-electron chi connectivity index (χ4n) is 3.64. The molecule has 150 valence electrons. The van der Waals surface area contributed by atoms with Crippen molar-refractivity contribution in [2.24, 2.45) is 4.99 Å². The van der Waals surface area contributed by atoms with Gasteiger partial charge in [-0.2, -0.15) is 0 Å². The number of guanidine groups is 1. The number of methoxy groups -OCH3 is 1. The number of piperidine rings is 1. The van der Waals surface area contributed by atoms with E-state index in [1.165, 1.54) is 5.56 Å². The van der Waals surface area contributed by atoms with Crippen molar-refractivity contribution in [2.45, 2.75) is 31.8 Å². The summed E-state index contributed by atoms with van der Waals surface area (Å²) in [5, 5.41) is 3.53. The number of ether oxygens (including phenoxy) is 2. The molecule has 1 N–H and O–H groups in total. The maximum atomic E-state index is 6.10. The first-order valence-corrected chi connectivity index (χ1v) is 10.0. The maximum Gasteiger partial charge on any atom is 0.193 e. The van der Waals surface area contributed by atoms with Gasteiger partial charge in [-0.3, -0.25) is 4.99 Å². The van der Waals surface area contributed by atoms with Crippen molar-refractivity contribution in [3.05, 3.63) is 60.2 Å². The lowest BCUT2D eigenvalue weighted by molar-refractivity contribution is 0.129. The van der Waals surface area contributed by atoms with Gasteiger partial charge < -0.3 is 19.7 Å². The first-order chi connectivity index (χ1) is 13.7. The van der Waals surface area contributed by atoms with E-state index in [1.807, 2.05) is 49.5 Å². The summed E-state index contributed by atoms with van der Waals surface area (Å²) in [7, 11) is 3.57. The average Bonchev–Trinajstić information content (AvgIpc) is 2.75. The van der Waals surface area contributed by atoms with E-state index in [1.54, 1.807) is 7.11 Å². The Morgan fingerprint density at radius 1 is 1.11 bits per heavy atom. The zero-order chi connectivity index (χ0) is 19.8. The van der Waals surface area contributed by atoms with Crippen LogP contribution in [0.5, 0.6) is 11.5 Å². The first kappa shape index (κ1) is 20.1. The molecule has 2 aromatic rings. The van der Waals surface area contributed by atoms with Crippen molar-refractivity contribution in [1.29, 1.82) is 0 Å². The molecular formula is C23H31N3O2. The second-order valence-electron chi connectivity index (χ2n) is 7.19. The molecule has 1 aliphatic rings. The minimum absolute atomic E-state index is 0.268. The van der Waals surface area contributed by atoms with Crippen LogP contribution in [-0.2, 0) is 0 Å². The third-order valence-corrected chi connectivity index (χ3v) is 5.24. The van der Waals surface area contributed by atoms with E-state index >= 15 is 0 Å². The van der Waals surface area contributed by atoms with Gasteiger partial charge in [-0.05, 0) is 23.8 Å². The number of nitrogens with one attached hydrogen (secondary N) is 1. The SMILES string of the molecule is CN=C(NCC(C)c1ccccc1OC)N1CCC(Oc2ccccc2)CC1. The van der Waals surface area contributed by atoms with Gasteiger partial charge in [0.25, 0.3) is 0 Å². The number of likely N-dealkylation sites (tertiary alicyclic amines) is 1. The highest BCUT2D eigenvalue weighted by Gasteiger charge is 2.23. The Morgan fingerprint density at radius 3 is 2.46 bits per heavy atom. The van der Waals surface area contributed by atoms with Gasteiger partial charge in [-0.15, -0.1) is 0 Å². The van der Waals surface area contributed by atoms with Crippen molar-refractivity contribution >= 4 is 5.96 Å². The third-order valence-electron chi connectivity index (χ3n) is 5.24. The van der Waals surface area contributed by atoms with Crippen molar-refractivity contribution in [3.8, 4) is 11.5 Å². The largest absolute Gasteiger partial charge is 0.496 e. The summed E-state index contributed by atoms with van der Waals surface area (Å²) in [4.78, 5) is 6.81. The van der Waals surface area contributed by atoms with Crippen LogP contribution in [0.3, 0.4) is 0 Å². The van der Waals surface area contributed by atoms with Crippen LogP contribution in [0.4, 0.5) is 0 Å². The van der Waals surface area contributed by atoms with Gasteiger partial charge in [-0.1, -0.05) is 43.3 Å². The van der Waals surface area contributed by atoms with E-state index < -0.39 is 0 Å². The summed E-state index contributed by atoms with van der Waals surface area (Å²) < 4.78 is 11.6. The van der Waals surface area contributed by atoms with E-state index in [-0.39, 0.29) is 6.10 Å². The number of hydrogen-bond donors (Lipinski definition) is 1. The van der Waals surface area contributed by atoms with Gasteiger partial charge in [0.05, 0.1) is 7.11 Å². The van der Waals surface area contributed by atoms with Gasteiger partial charge in [0.1, 0.15) is 17.6 Å². The minimum Gasteiger partial charge on any atom is -0.496 e. The highest BCUT2D eigenvalue weighted by atomic mass is 16.5. The molecule has 0 bridgehead atoms. The first-order valence-electron chi connectivity index (χ1n) is 10.0. The van der Waals surface area contributed by atoms with E-state index in [0.29, 0.717) is 5.92 Å². The molecule has 0 amide bonds. The Kier molecular flexibility index (Phi) is 7.18. The van der Waals surface area contributed by atoms with Crippen LogP contribution in [-0.4, -0.2) is 50.8 Å². The van der Waals surface area contributed by atoms with E-state index in [0.717, 1.165) is 49.9 Å². The third kappa shape index (κ3) is 5.18. The molecule has 1 aliphatic heterocycles. The van der Waals surface area contributed by atoms with Crippen molar-refractivity contribution in [3.63, 3.8) is 0 Å². The minimum atomic E-state index is 0.268. The van der Waals surface area contributed by atoms with Crippen molar-refractivity contribution in [1.82, 2.24) is 10.2 Å². The summed E-state index contributed by atoms with van der Waals surface area (Å²) in [5.41, 5.74) is 1.21. The van der Waals surface area contributed by atoms with Crippen LogP contribution in [0, 0.1) is 0 Å². The molecule has 5 nitrogen and oxygen atoms in total. The number of para-hydroxylation sites is 2. The summed E-state index contributed by atoms with van der Waals surface area (Å²) in [6.07, 6.45) is 2.26. The number of nitrogens with zero attached hydrogens (tertiary/aromatic N) is 2. The topological polar surface area (TPSA) is 46.1 Å². The lowest BCUT2D eigenvalue weighted by Crippen LogP contribution is -2.48. The molecule has 5 heteroatoms. The molecule has 28 heavy (non-hydrogen) atoms. The van der Waals surface area contributed by atoms with E-state index in [9.17, 15) is 0 Å². The van der Waals surface area contributed by atoms with Crippen LogP contribution in [0.15, 0.2) is 59.6 Å². The van der Waals surface area contributed by atoms with Crippen LogP contribution >= 0.6 is 0 Å². The molecule has 3 rings (SSSR count). The second kappa shape index (κ2) is 10.0. The smallest absolute Gasteiger partial charge is 0.193 e. The number of hydrogen-bond acceptors (Lipinski definition) is 3. The molecule has 0 radical (unpaired) electrons. The lowest BCUT2D eigenvalue weighted by Gasteiger charge is -2.34. The Balaban J connectivity index is 1.49. The molecular weight excluding hydrogens is 350 g/mol. The quantitative estimate of drug-likeness (QED) is 0.609. The molecule has 1 heterocycles. The standard InChI is InChI=1S/C23H31N3O2/c1-18(21-11-7-8-12-22(21)27-3)17-25-23(24-2)26-15-13-20(14-16-26)28-19-9-5-4-6-10-19/h4-12,18,20H,13-17H2,1-3H3,(H,24,25). The average molecular weight is 382 g/mol. The molecule has 0 aliphatic carbocycles. The highest BCUT2D eigenvalue weighted by molar-refractivity contribution is 5.80. The van der Waals surface area contributed by atoms with Gasteiger partial charge >= 0.3 is 0 Å². The van der Waals surface area contributed by atoms with E-state index in [4.69, 9.17) is 9.47 Å². The predicted octanol–water partition coefficient (Wildman–Crippen LogP) is 3.92. The zero-order valence-corrected chi connectivity index (χ0v) is 17.1. The molecule has 1 saturated heterocycles. The van der Waals surface area contributed by atoms with Crippen LogP contribution in [0.2, 0.25) is 0 Å².